The SMILES string of the molecule is C#C[C@]1(C)N/C(=N\C(=O)OC(C)(C)C)NC1=O. The first-order valence-electron chi connectivity index (χ1n) is 5.05. The van der Waals surface area contributed by atoms with Crippen LogP contribution in [0.1, 0.15) is 27.7 Å². The molecular formula is C11H15N3O3. The standard InChI is InChI=1S/C11H15N3O3/c1-6-11(5)7(15)12-8(14-11)13-9(16)17-10(2,3)4/h1H,2-5H3,(H2,12,13,14,15,16)/t11-/m0/s1. The van der Waals surface area contributed by atoms with E-state index in [1.807, 2.05) is 0 Å². The van der Waals surface area contributed by atoms with Crippen LogP contribution in [0.3, 0.4) is 0 Å². The van der Waals surface area contributed by atoms with Crippen LogP contribution < -0.4 is 10.6 Å². The Morgan fingerprint density at radius 2 is 2.12 bits per heavy atom. The van der Waals surface area contributed by atoms with Crippen molar-refractivity contribution in [3.05, 3.63) is 0 Å². The molecule has 0 aromatic heterocycles. The monoisotopic (exact) mass is 237 g/mol. The maximum absolute atomic E-state index is 11.5. The van der Waals surface area contributed by atoms with E-state index < -0.39 is 23.1 Å². The second kappa shape index (κ2) is 4.09. The Bertz CT molecular complexity index is 428. The molecule has 1 rings (SSSR count). The normalized spacial score (nSPS) is 26.1. The van der Waals surface area contributed by atoms with Crippen LogP contribution in [-0.2, 0) is 9.53 Å². The number of hydrogen-bond acceptors (Lipinski definition) is 3. The quantitative estimate of drug-likeness (QED) is 0.597. The molecule has 6 heteroatoms. The lowest BCUT2D eigenvalue weighted by atomic mass is 10.1. The molecule has 0 saturated carbocycles. The molecule has 0 radical (unpaired) electrons. The molecule has 0 bridgehead atoms. The van der Waals surface area contributed by atoms with Gasteiger partial charge in [0.25, 0.3) is 5.91 Å². The molecule has 0 aromatic rings. The smallest absolute Gasteiger partial charge is 0.437 e. The summed E-state index contributed by atoms with van der Waals surface area (Å²) >= 11 is 0. The van der Waals surface area contributed by atoms with Crippen molar-refractivity contribution >= 4 is 18.0 Å². The third-order valence-corrected chi connectivity index (χ3v) is 1.94. The number of carbonyl (C=O) groups excluding carboxylic acids is 2. The topological polar surface area (TPSA) is 79.8 Å². The van der Waals surface area contributed by atoms with Crippen molar-refractivity contribution in [2.45, 2.75) is 38.8 Å². The van der Waals surface area contributed by atoms with Gasteiger partial charge < -0.3 is 10.1 Å². The van der Waals surface area contributed by atoms with Gasteiger partial charge in [0.05, 0.1) is 0 Å². The van der Waals surface area contributed by atoms with Crippen molar-refractivity contribution in [2.24, 2.45) is 4.99 Å². The van der Waals surface area contributed by atoms with Crippen LogP contribution in [-0.4, -0.2) is 29.1 Å². The minimum absolute atomic E-state index is 0.00435. The summed E-state index contributed by atoms with van der Waals surface area (Å²) in [6.45, 7) is 6.67. The molecule has 17 heavy (non-hydrogen) atoms. The van der Waals surface area contributed by atoms with E-state index in [0.29, 0.717) is 0 Å². The molecule has 2 N–H and O–H groups in total. The lowest BCUT2D eigenvalue weighted by Gasteiger charge is -2.17. The summed E-state index contributed by atoms with van der Waals surface area (Å²) in [4.78, 5) is 26.4. The summed E-state index contributed by atoms with van der Waals surface area (Å²) in [5.41, 5.74) is -1.82. The van der Waals surface area contributed by atoms with Gasteiger partial charge in [-0.25, -0.2) is 4.79 Å². The van der Waals surface area contributed by atoms with Crippen LogP contribution in [0.2, 0.25) is 0 Å². The molecular weight excluding hydrogens is 222 g/mol. The molecule has 1 atom stereocenters. The molecule has 1 saturated heterocycles. The first kappa shape index (κ1) is 13.0. The van der Waals surface area contributed by atoms with Gasteiger partial charge in [0.2, 0.25) is 5.96 Å². The summed E-state index contributed by atoms with van der Waals surface area (Å²) in [5.74, 6) is 1.86. The number of hydrogen-bond donors (Lipinski definition) is 2. The largest absolute Gasteiger partial charge is 0.442 e. The summed E-state index contributed by atoms with van der Waals surface area (Å²) in [7, 11) is 0. The predicted molar refractivity (Wildman–Crippen MR) is 62.2 cm³/mol. The molecule has 92 valence electrons. The van der Waals surface area contributed by atoms with E-state index in [4.69, 9.17) is 11.2 Å². The molecule has 0 aliphatic carbocycles. The van der Waals surface area contributed by atoms with Crippen LogP contribution in [0.5, 0.6) is 0 Å². The zero-order chi connectivity index (χ0) is 13.3. The van der Waals surface area contributed by atoms with Crippen molar-refractivity contribution in [1.29, 1.82) is 0 Å². The highest BCUT2D eigenvalue weighted by Crippen LogP contribution is 2.10. The van der Waals surface area contributed by atoms with Crippen molar-refractivity contribution in [1.82, 2.24) is 10.6 Å². The zero-order valence-electron chi connectivity index (χ0n) is 10.2. The van der Waals surface area contributed by atoms with Gasteiger partial charge in [-0.05, 0) is 27.7 Å². The number of rotatable bonds is 0. The van der Waals surface area contributed by atoms with Crippen LogP contribution in [0.15, 0.2) is 4.99 Å². The van der Waals surface area contributed by atoms with Gasteiger partial charge in [-0.1, -0.05) is 5.92 Å². The summed E-state index contributed by atoms with van der Waals surface area (Å²) in [6.07, 6.45) is 4.42. The van der Waals surface area contributed by atoms with Crippen LogP contribution >= 0.6 is 0 Å². The molecule has 0 unspecified atom stereocenters. The van der Waals surface area contributed by atoms with Crippen molar-refractivity contribution in [3.8, 4) is 12.3 Å². The highest BCUT2D eigenvalue weighted by atomic mass is 16.6. The Balaban J connectivity index is 2.75. The third kappa shape index (κ3) is 3.21. The fourth-order valence-electron chi connectivity index (χ4n) is 1.09. The first-order chi connectivity index (χ1) is 7.66. The highest BCUT2D eigenvalue weighted by Gasteiger charge is 2.39. The van der Waals surface area contributed by atoms with Gasteiger partial charge in [0.1, 0.15) is 5.60 Å². The molecule has 2 amide bonds. The van der Waals surface area contributed by atoms with E-state index in [2.05, 4.69) is 21.5 Å². The average Bonchev–Trinajstić information content (AvgIpc) is 2.39. The minimum Gasteiger partial charge on any atom is -0.442 e. The van der Waals surface area contributed by atoms with Gasteiger partial charge >= 0.3 is 6.09 Å². The minimum atomic E-state index is -1.18. The molecule has 6 nitrogen and oxygen atoms in total. The van der Waals surface area contributed by atoms with E-state index in [1.165, 1.54) is 6.92 Å². The van der Waals surface area contributed by atoms with E-state index >= 15 is 0 Å². The van der Waals surface area contributed by atoms with Crippen molar-refractivity contribution in [2.75, 3.05) is 0 Å². The summed E-state index contributed by atoms with van der Waals surface area (Å²) in [5, 5.41) is 5.00. The number of guanidine groups is 1. The number of ether oxygens (including phenoxy) is 1. The average molecular weight is 237 g/mol. The van der Waals surface area contributed by atoms with E-state index in [-0.39, 0.29) is 5.96 Å². The van der Waals surface area contributed by atoms with Gasteiger partial charge in [0.15, 0.2) is 5.54 Å². The van der Waals surface area contributed by atoms with Crippen molar-refractivity contribution in [3.63, 3.8) is 0 Å². The number of nitrogens with one attached hydrogen (secondary N) is 2. The lowest BCUT2D eigenvalue weighted by molar-refractivity contribution is -0.121. The Morgan fingerprint density at radius 3 is 2.53 bits per heavy atom. The zero-order valence-corrected chi connectivity index (χ0v) is 10.2. The molecule has 1 aliphatic heterocycles. The van der Waals surface area contributed by atoms with Gasteiger partial charge in [-0.15, -0.1) is 11.4 Å². The summed E-state index contributed by atoms with van der Waals surface area (Å²) in [6, 6.07) is 0. The van der Waals surface area contributed by atoms with Crippen molar-refractivity contribution < 1.29 is 14.3 Å². The van der Waals surface area contributed by atoms with Crippen LogP contribution in [0.4, 0.5) is 4.79 Å². The summed E-state index contributed by atoms with van der Waals surface area (Å²) < 4.78 is 4.97. The molecule has 1 fully saturated rings. The van der Waals surface area contributed by atoms with E-state index in [1.54, 1.807) is 20.8 Å². The fraction of sp³-hybridized carbons (Fsp3) is 0.545. The number of carbonyl (C=O) groups is 2. The van der Waals surface area contributed by atoms with Gasteiger partial charge in [0, 0.05) is 0 Å². The molecule has 1 heterocycles. The fourth-order valence-corrected chi connectivity index (χ4v) is 1.09. The van der Waals surface area contributed by atoms with E-state index in [9.17, 15) is 9.59 Å². The Labute approximate surface area is 99.8 Å². The first-order valence-corrected chi connectivity index (χ1v) is 5.05. The number of aliphatic imine (C=N–C) groups is 1. The second-order valence-corrected chi connectivity index (χ2v) is 4.79. The maximum atomic E-state index is 11.5. The highest BCUT2D eigenvalue weighted by molar-refractivity contribution is 6.12. The van der Waals surface area contributed by atoms with E-state index in [0.717, 1.165) is 0 Å². The van der Waals surface area contributed by atoms with Crippen LogP contribution in [0, 0.1) is 12.3 Å². The second-order valence-electron chi connectivity index (χ2n) is 4.79. The number of amides is 2. The van der Waals surface area contributed by atoms with Crippen LogP contribution in [0.25, 0.3) is 0 Å². The Hall–Kier alpha value is -2.03. The Kier molecular flexibility index (Phi) is 3.14. The van der Waals surface area contributed by atoms with Gasteiger partial charge in [-0.2, -0.15) is 0 Å². The molecule has 0 aromatic carbocycles. The number of terminal acetylenes is 1. The maximum Gasteiger partial charge on any atom is 0.437 e. The predicted octanol–water partition coefficient (Wildman–Crippen LogP) is 0.389. The lowest BCUT2D eigenvalue weighted by Crippen LogP contribution is -2.42. The third-order valence-electron chi connectivity index (χ3n) is 1.94. The number of nitrogens with zero attached hydrogens (tertiary/aromatic N) is 1. The molecule has 1 aliphatic rings. The van der Waals surface area contributed by atoms with Gasteiger partial charge in [-0.3, -0.25) is 10.1 Å². The Morgan fingerprint density at radius 1 is 1.53 bits per heavy atom. The molecule has 0 spiro atoms.